The Bertz CT molecular complexity index is 2040. The van der Waals surface area contributed by atoms with Gasteiger partial charge in [-0.1, -0.05) is 31.2 Å². The number of aromatic amines is 2. The highest BCUT2D eigenvalue weighted by molar-refractivity contribution is 8.14. The zero-order valence-corrected chi connectivity index (χ0v) is 30.8. The van der Waals surface area contributed by atoms with E-state index in [1.54, 1.807) is 19.1 Å². The molecule has 9 rings (SSSR count). The van der Waals surface area contributed by atoms with Crippen LogP contribution in [0.2, 0.25) is 0 Å². The monoisotopic (exact) mass is 728 g/mol. The molecule has 3 aromatic heterocycles. The van der Waals surface area contributed by atoms with Crippen molar-refractivity contribution in [2.45, 2.75) is 95.8 Å². The highest BCUT2D eigenvalue weighted by Crippen LogP contribution is 2.70. The van der Waals surface area contributed by atoms with Crippen LogP contribution in [0.4, 0.5) is 0 Å². The molecule has 6 N–H and O–H groups in total. The van der Waals surface area contributed by atoms with Gasteiger partial charge in [-0.25, -0.2) is 9.97 Å². The van der Waals surface area contributed by atoms with Gasteiger partial charge in [0.25, 0.3) is 0 Å². The summed E-state index contributed by atoms with van der Waals surface area (Å²) >= 11 is 1.50. The maximum Gasteiger partial charge on any atom is 0.306 e. The minimum atomic E-state index is -0.287. The minimum absolute atomic E-state index is 0.0119. The first-order valence-corrected chi connectivity index (χ1v) is 19.2. The lowest BCUT2D eigenvalue weighted by molar-refractivity contribution is -0.167. The van der Waals surface area contributed by atoms with Crippen LogP contribution in [0.15, 0.2) is 48.6 Å². The van der Waals surface area contributed by atoms with Crippen LogP contribution < -0.4 is 5.73 Å². The molecular weight excluding hydrogens is 681 g/mol. The predicted molar refractivity (Wildman–Crippen MR) is 198 cm³/mol. The molecule has 1 spiro atoms. The number of esters is 1. The number of carbonyl (C=O) groups excluding carboxylic acids is 3. The quantitative estimate of drug-likeness (QED) is 0.149. The van der Waals surface area contributed by atoms with E-state index in [0.717, 1.165) is 67.8 Å². The average Bonchev–Trinajstić information content (AvgIpc) is 3.90. The van der Waals surface area contributed by atoms with E-state index in [4.69, 9.17) is 15.6 Å². The number of fused-ring (bicyclic) bond motifs is 8. The van der Waals surface area contributed by atoms with E-state index in [1.165, 1.54) is 29.9 Å². The number of benzene rings is 1. The fourth-order valence-corrected chi connectivity index (χ4v) is 11.6. The first-order chi connectivity index (χ1) is 24.9. The molecule has 3 saturated carbocycles. The Balaban J connectivity index is 0.000000149. The molecule has 13 heteroatoms. The van der Waals surface area contributed by atoms with Gasteiger partial charge in [0.1, 0.15) is 23.1 Å². The van der Waals surface area contributed by atoms with Crippen molar-refractivity contribution in [3.63, 3.8) is 0 Å². The minimum Gasteiger partial charge on any atom is -0.508 e. The third kappa shape index (κ3) is 6.29. The van der Waals surface area contributed by atoms with Gasteiger partial charge in [0.2, 0.25) is 5.88 Å². The molecule has 7 atom stereocenters. The van der Waals surface area contributed by atoms with Gasteiger partial charge in [0, 0.05) is 47.5 Å². The summed E-state index contributed by atoms with van der Waals surface area (Å²) in [6.45, 7) is 7.04. The van der Waals surface area contributed by atoms with Crippen LogP contribution in [-0.4, -0.2) is 69.6 Å². The zero-order chi connectivity index (χ0) is 36.8. The van der Waals surface area contributed by atoms with Crippen molar-refractivity contribution in [1.82, 2.24) is 25.1 Å². The van der Waals surface area contributed by atoms with E-state index in [-0.39, 0.29) is 44.4 Å². The molecular formula is C39H48N6O6S. The number of aromatic nitrogens is 5. The number of H-pyrrole nitrogens is 2. The Morgan fingerprint density at radius 3 is 2.60 bits per heavy atom. The van der Waals surface area contributed by atoms with Gasteiger partial charge >= 0.3 is 5.97 Å². The second-order valence-electron chi connectivity index (χ2n) is 15.6. The molecule has 0 amide bonds. The summed E-state index contributed by atoms with van der Waals surface area (Å²) in [4.78, 5) is 46.9. The highest BCUT2D eigenvalue weighted by Gasteiger charge is 2.68. The fourth-order valence-electron chi connectivity index (χ4n) is 10.4. The summed E-state index contributed by atoms with van der Waals surface area (Å²) < 4.78 is 6.06. The Labute approximate surface area is 306 Å². The van der Waals surface area contributed by atoms with Crippen molar-refractivity contribution in [3.05, 3.63) is 54.1 Å². The summed E-state index contributed by atoms with van der Waals surface area (Å²) in [5.41, 5.74) is 9.32. The predicted octanol–water partition coefficient (Wildman–Crippen LogP) is 6.29. The van der Waals surface area contributed by atoms with Gasteiger partial charge in [-0.15, -0.1) is 0 Å². The van der Waals surface area contributed by atoms with Crippen LogP contribution in [0.3, 0.4) is 0 Å². The lowest BCUT2D eigenvalue weighted by atomic mass is 9.46. The average molecular weight is 729 g/mol. The molecule has 0 unspecified atom stereocenters. The van der Waals surface area contributed by atoms with E-state index in [9.17, 15) is 19.5 Å². The van der Waals surface area contributed by atoms with Gasteiger partial charge in [-0.2, -0.15) is 5.10 Å². The highest BCUT2D eigenvalue weighted by atomic mass is 32.2. The fraction of sp³-hybridized carbons (Fsp3) is 0.538. The van der Waals surface area contributed by atoms with E-state index in [0.29, 0.717) is 53.9 Å². The second kappa shape index (κ2) is 14.0. The van der Waals surface area contributed by atoms with Crippen LogP contribution in [0.1, 0.15) is 84.1 Å². The number of phenolic OH excluding ortho intramolecular Hbond substituents is 1. The molecule has 4 aliphatic carbocycles. The topological polar surface area (TPSA) is 197 Å². The molecule has 5 aliphatic rings. The molecule has 276 valence electrons. The summed E-state index contributed by atoms with van der Waals surface area (Å²) in [5.74, 6) is 1.93. The van der Waals surface area contributed by atoms with E-state index < -0.39 is 0 Å². The number of ether oxygens (including phenoxy) is 1. The Morgan fingerprint density at radius 1 is 1.06 bits per heavy atom. The summed E-state index contributed by atoms with van der Waals surface area (Å²) in [6, 6.07) is 5.30. The summed E-state index contributed by atoms with van der Waals surface area (Å²) in [7, 11) is 0. The molecule has 0 radical (unpaired) electrons. The van der Waals surface area contributed by atoms with Gasteiger partial charge in [0.05, 0.1) is 6.20 Å². The first-order valence-electron chi connectivity index (χ1n) is 18.3. The number of rotatable bonds is 3. The molecule has 4 aromatic rings. The van der Waals surface area contributed by atoms with Crippen LogP contribution in [0.5, 0.6) is 11.6 Å². The third-order valence-corrected chi connectivity index (χ3v) is 14.1. The molecule has 52 heavy (non-hydrogen) atoms. The van der Waals surface area contributed by atoms with E-state index in [2.05, 4.69) is 39.0 Å². The van der Waals surface area contributed by atoms with Gasteiger partial charge in [-0.3, -0.25) is 19.5 Å². The van der Waals surface area contributed by atoms with Crippen LogP contribution in [0, 0.1) is 28.6 Å². The van der Waals surface area contributed by atoms with Crippen LogP contribution >= 0.6 is 11.8 Å². The van der Waals surface area contributed by atoms with E-state index >= 15 is 0 Å². The largest absolute Gasteiger partial charge is 0.508 e. The Hall–Kier alpha value is -4.23. The number of phenols is 1. The second-order valence-corrected chi connectivity index (χ2v) is 17.0. The molecule has 1 aromatic carbocycles. The lowest BCUT2D eigenvalue weighted by Crippen LogP contribution is -2.57. The number of nitrogens with two attached hydrogens (primary N) is 1. The van der Waals surface area contributed by atoms with Crippen molar-refractivity contribution in [2.24, 2.45) is 34.3 Å². The van der Waals surface area contributed by atoms with E-state index in [1.807, 2.05) is 18.3 Å². The van der Waals surface area contributed by atoms with Gasteiger partial charge in [0.15, 0.2) is 16.5 Å². The molecule has 12 nitrogen and oxygen atoms in total. The van der Waals surface area contributed by atoms with Gasteiger partial charge < -0.3 is 25.7 Å². The smallest absolute Gasteiger partial charge is 0.306 e. The van der Waals surface area contributed by atoms with Crippen molar-refractivity contribution in [2.75, 3.05) is 6.54 Å². The summed E-state index contributed by atoms with van der Waals surface area (Å²) in [6.07, 6.45) is 15.5. The Kier molecular flexibility index (Phi) is 9.70. The van der Waals surface area contributed by atoms with Crippen LogP contribution in [-0.2, 0) is 25.5 Å². The lowest BCUT2D eigenvalue weighted by Gasteiger charge is -2.61. The number of aromatic hydroxyl groups is 2. The number of hydrogen-bond donors (Lipinski definition) is 5. The van der Waals surface area contributed by atoms with Crippen LogP contribution in [0.25, 0.3) is 21.9 Å². The first kappa shape index (κ1) is 36.1. The van der Waals surface area contributed by atoms with Crippen molar-refractivity contribution < 1.29 is 29.3 Å². The normalized spacial score (nSPS) is 31.8. The summed E-state index contributed by atoms with van der Waals surface area (Å²) in [5, 5.41) is 26.6. The molecule has 4 heterocycles. The Morgan fingerprint density at radius 2 is 1.87 bits per heavy atom. The number of thioether (sulfide) groups is 1. The molecule has 4 fully saturated rings. The van der Waals surface area contributed by atoms with Gasteiger partial charge in [-0.05, 0) is 111 Å². The molecule has 0 bridgehead atoms. The zero-order valence-electron chi connectivity index (χ0n) is 30.0. The number of allylic oxidation sites excluding steroid dienone is 1. The maximum atomic E-state index is 12.2. The number of nitrogens with one attached hydrogen (secondary N) is 2. The van der Waals surface area contributed by atoms with Crippen molar-refractivity contribution >= 4 is 50.6 Å². The maximum absolute atomic E-state index is 12.2. The standard InChI is InChI=1S/C24H32O4S.C10H12N2O.C5H4N4O/c1-14(25)29-19-13-15-12-16(26)4-8-22(15,2)17-5-9-23(3)18(21(17)19)6-10-24(23)11-7-20(27)28-24;11-4-3-7-6-12-10-2-1-8(13)5-9(7)10;10-5-3-1-8-9-4(3)6-2-7-5/h12,17-19,21H,4-11,13H2,1-3H3;1-2,5-6,12-13H,3-4,11H2;1-2H,(H2,6,7,8,9,10)/t17-,18-,19+,21+,22-,23-,24+;;/m0../s1. The number of hydrogen-bond acceptors (Lipinski definition) is 11. The molecule has 1 aliphatic heterocycles. The third-order valence-electron chi connectivity index (χ3n) is 13.0. The number of carbonyl (C=O) groups is 3. The van der Waals surface area contributed by atoms with Crippen molar-refractivity contribution in [3.8, 4) is 11.6 Å². The molecule has 1 saturated heterocycles. The SMILES string of the molecule is CC(=O)S[C@@H]1CC2=CC(=O)CC[C@]2(C)[C@H]2CC[C@@]3(C)[C@@H](CC[C@@]34CCC(=O)O4)[C@H]12.NCCc1c[nH]c2ccc(O)cc12.Oc1ncnc2[nH]ncc12. The van der Waals surface area contributed by atoms with Crippen molar-refractivity contribution in [1.29, 1.82) is 0 Å². The number of ketones is 1. The number of nitrogens with zero attached hydrogens (tertiary/aromatic N) is 3.